The minimum atomic E-state index is -1.06. The van der Waals surface area contributed by atoms with Crippen LogP contribution in [0.15, 0.2) is 18.5 Å². The normalized spacial score (nSPS) is 9.55. The molecule has 1 N–H and O–H groups in total. The van der Waals surface area contributed by atoms with E-state index in [-0.39, 0.29) is 5.56 Å². The number of hydrogen-bond donors (Lipinski definition) is 1. The van der Waals surface area contributed by atoms with Crippen molar-refractivity contribution < 1.29 is 15.0 Å². The summed E-state index contributed by atoms with van der Waals surface area (Å²) in [5.41, 5.74) is 0.447. The molecule has 0 amide bonds. The lowest BCUT2D eigenvalue weighted by Crippen LogP contribution is -1.98. The molecule has 0 aliphatic rings. The van der Waals surface area contributed by atoms with Gasteiger partial charge in [0.05, 0.1) is 5.56 Å². The Kier molecular flexibility index (Phi) is 2.18. The maximum atomic E-state index is 10.3. The second kappa shape index (κ2) is 3.12. The van der Waals surface area contributed by atoms with Gasteiger partial charge in [-0.05, 0) is 6.07 Å². The minimum Gasteiger partial charge on any atom is -0.478 e. The summed E-state index contributed by atoms with van der Waals surface area (Å²) in [6.45, 7) is -0.436. The number of hydrogen-bond acceptors (Lipinski definition) is 2. The molecule has 0 fully saturated rings. The maximum absolute atomic E-state index is 10.3. The van der Waals surface area contributed by atoms with E-state index < -0.39 is 12.6 Å². The van der Waals surface area contributed by atoms with Gasteiger partial charge in [0.25, 0.3) is 0 Å². The Hall–Kier alpha value is -1.42. The third kappa shape index (κ3) is 1.75. The Morgan fingerprint density at radius 1 is 1.55 bits per heavy atom. The Labute approximate surface area is 63.1 Å². The minimum absolute atomic E-state index is 0.0540. The Balaban J connectivity index is 3.01. The van der Waals surface area contributed by atoms with Crippen LogP contribution in [0.5, 0.6) is 0 Å². The fraction of sp³-hybridized carbons (Fsp3) is 0.143. The fourth-order valence-corrected chi connectivity index (χ4v) is 0.683. The average Bonchev–Trinajstić information content (AvgIpc) is 2.05. The molecule has 0 saturated heterocycles. The van der Waals surface area contributed by atoms with Crippen LogP contribution in [0.2, 0.25) is 0 Å². The molecule has 1 radical (unpaired) electrons. The van der Waals surface area contributed by atoms with E-state index in [2.05, 4.69) is 4.98 Å². The number of carboxylic acid groups (broad SMARTS) is 1. The first kappa shape index (κ1) is 7.68. The van der Waals surface area contributed by atoms with E-state index in [4.69, 9.17) is 5.11 Å². The van der Waals surface area contributed by atoms with Crippen molar-refractivity contribution in [2.75, 3.05) is 0 Å². The van der Waals surface area contributed by atoms with E-state index in [0.29, 0.717) is 5.56 Å². The molecular formula is C7H6NO3. The summed E-state index contributed by atoms with van der Waals surface area (Å²) in [4.78, 5) is 13.9. The van der Waals surface area contributed by atoms with Gasteiger partial charge in [-0.2, -0.15) is 0 Å². The predicted octanol–water partition coefficient (Wildman–Crippen LogP) is 0.710. The van der Waals surface area contributed by atoms with E-state index >= 15 is 0 Å². The monoisotopic (exact) mass is 152 g/mol. The molecule has 4 nitrogen and oxygen atoms in total. The van der Waals surface area contributed by atoms with Crippen molar-refractivity contribution in [3.05, 3.63) is 29.6 Å². The van der Waals surface area contributed by atoms with E-state index in [1.54, 1.807) is 0 Å². The third-order valence-electron chi connectivity index (χ3n) is 1.21. The molecule has 1 aromatic heterocycles. The summed E-state index contributed by atoms with van der Waals surface area (Å²) in [5.74, 6) is -1.06. The van der Waals surface area contributed by atoms with E-state index in [0.717, 1.165) is 0 Å². The molecule has 4 heteroatoms. The van der Waals surface area contributed by atoms with Crippen molar-refractivity contribution in [1.82, 2.24) is 4.98 Å². The molecule has 1 rings (SSSR count). The summed E-state index contributed by atoms with van der Waals surface area (Å²) in [6, 6.07) is 1.32. The predicted molar refractivity (Wildman–Crippen MR) is 35.6 cm³/mol. The average molecular weight is 152 g/mol. The van der Waals surface area contributed by atoms with Crippen molar-refractivity contribution in [3.8, 4) is 0 Å². The first-order valence-electron chi connectivity index (χ1n) is 2.99. The van der Waals surface area contributed by atoms with E-state index in [9.17, 15) is 9.90 Å². The lowest BCUT2D eigenvalue weighted by Gasteiger charge is -1.94. The summed E-state index contributed by atoms with van der Waals surface area (Å²) in [6.07, 6.45) is 2.57. The molecule has 0 aliphatic heterocycles. The largest absolute Gasteiger partial charge is 0.478 e. The zero-order valence-corrected chi connectivity index (χ0v) is 5.65. The molecule has 0 bridgehead atoms. The Bertz CT molecular complexity index is 272. The molecule has 1 aromatic rings. The number of nitrogens with zero attached hydrogens (tertiary/aromatic N) is 1. The van der Waals surface area contributed by atoms with Gasteiger partial charge < -0.3 is 5.11 Å². The molecule has 0 atom stereocenters. The maximum Gasteiger partial charge on any atom is 0.337 e. The van der Waals surface area contributed by atoms with Gasteiger partial charge in [-0.25, -0.2) is 9.90 Å². The lowest BCUT2D eigenvalue weighted by molar-refractivity contribution is 0.0696. The van der Waals surface area contributed by atoms with Crippen molar-refractivity contribution in [2.45, 2.75) is 6.61 Å². The molecular weight excluding hydrogens is 146 g/mol. The highest BCUT2D eigenvalue weighted by Crippen LogP contribution is 2.01. The Morgan fingerprint density at radius 3 is 2.82 bits per heavy atom. The molecule has 0 aliphatic carbocycles. The number of rotatable bonds is 2. The molecule has 0 aromatic carbocycles. The van der Waals surface area contributed by atoms with Crippen LogP contribution in [0.4, 0.5) is 0 Å². The van der Waals surface area contributed by atoms with Crippen molar-refractivity contribution in [1.29, 1.82) is 0 Å². The highest BCUT2D eigenvalue weighted by Gasteiger charge is 2.02. The second-order valence-electron chi connectivity index (χ2n) is 2.03. The molecule has 11 heavy (non-hydrogen) atoms. The standard InChI is InChI=1S/C7H6NO3/c9-4-5-1-6(7(10)11)3-8-2-5/h1-3H,4H2,(H,10,11). The second-order valence-corrected chi connectivity index (χ2v) is 2.03. The van der Waals surface area contributed by atoms with Gasteiger partial charge in [0, 0.05) is 18.0 Å². The van der Waals surface area contributed by atoms with E-state index in [1.165, 1.54) is 18.5 Å². The summed E-state index contributed by atoms with van der Waals surface area (Å²) < 4.78 is 0. The summed E-state index contributed by atoms with van der Waals surface area (Å²) in [5, 5.41) is 18.7. The number of aromatic carboxylic acids is 1. The molecule has 1 heterocycles. The van der Waals surface area contributed by atoms with Gasteiger partial charge in [-0.1, -0.05) is 0 Å². The van der Waals surface area contributed by atoms with Crippen LogP contribution < -0.4 is 0 Å². The number of carboxylic acids is 1. The van der Waals surface area contributed by atoms with Crippen molar-refractivity contribution in [3.63, 3.8) is 0 Å². The van der Waals surface area contributed by atoms with Crippen LogP contribution in [-0.4, -0.2) is 16.1 Å². The first-order chi connectivity index (χ1) is 5.24. The quantitative estimate of drug-likeness (QED) is 0.678. The van der Waals surface area contributed by atoms with Gasteiger partial charge in [-0.3, -0.25) is 4.98 Å². The molecule has 0 saturated carbocycles. The van der Waals surface area contributed by atoms with Crippen LogP contribution in [0, 0.1) is 0 Å². The molecule has 0 unspecified atom stereocenters. The zero-order chi connectivity index (χ0) is 8.27. The summed E-state index contributed by atoms with van der Waals surface area (Å²) in [7, 11) is 0. The zero-order valence-electron chi connectivity index (χ0n) is 5.65. The first-order valence-corrected chi connectivity index (χ1v) is 2.99. The van der Waals surface area contributed by atoms with Crippen LogP contribution >= 0.6 is 0 Å². The highest BCUT2D eigenvalue weighted by molar-refractivity contribution is 5.87. The Morgan fingerprint density at radius 2 is 2.27 bits per heavy atom. The van der Waals surface area contributed by atoms with Crippen LogP contribution in [0.3, 0.4) is 0 Å². The van der Waals surface area contributed by atoms with Crippen LogP contribution in [0.25, 0.3) is 0 Å². The van der Waals surface area contributed by atoms with Crippen LogP contribution in [0.1, 0.15) is 15.9 Å². The van der Waals surface area contributed by atoms with Crippen LogP contribution in [-0.2, 0) is 11.7 Å². The van der Waals surface area contributed by atoms with Gasteiger partial charge in [0.2, 0.25) is 0 Å². The molecule has 57 valence electrons. The van der Waals surface area contributed by atoms with Crippen molar-refractivity contribution >= 4 is 5.97 Å². The fourth-order valence-electron chi connectivity index (χ4n) is 0.683. The number of aromatic nitrogens is 1. The highest BCUT2D eigenvalue weighted by atomic mass is 16.4. The third-order valence-corrected chi connectivity index (χ3v) is 1.21. The lowest BCUT2D eigenvalue weighted by atomic mass is 10.2. The smallest absolute Gasteiger partial charge is 0.337 e. The van der Waals surface area contributed by atoms with Gasteiger partial charge >= 0.3 is 5.97 Å². The SMILES string of the molecule is [O]Cc1cncc(C(=O)O)c1. The molecule has 0 spiro atoms. The number of pyridine rings is 1. The van der Waals surface area contributed by atoms with E-state index in [1.807, 2.05) is 0 Å². The van der Waals surface area contributed by atoms with Gasteiger partial charge in [-0.15, -0.1) is 0 Å². The van der Waals surface area contributed by atoms with Gasteiger partial charge in [0.15, 0.2) is 0 Å². The number of carbonyl (C=O) groups is 1. The van der Waals surface area contributed by atoms with Gasteiger partial charge in [0.1, 0.15) is 6.61 Å². The van der Waals surface area contributed by atoms with Crippen molar-refractivity contribution in [2.24, 2.45) is 0 Å². The summed E-state index contributed by atoms with van der Waals surface area (Å²) >= 11 is 0. The topological polar surface area (TPSA) is 70.1 Å².